The third-order valence-electron chi connectivity index (χ3n) is 3.96. The fourth-order valence-corrected chi connectivity index (χ4v) is 3.49. The van der Waals surface area contributed by atoms with Crippen LogP contribution in [0, 0.1) is 0 Å². The van der Waals surface area contributed by atoms with Crippen LogP contribution < -0.4 is 11.1 Å². The fraction of sp³-hybridized carbons (Fsp3) is 0.438. The summed E-state index contributed by atoms with van der Waals surface area (Å²) in [5, 5.41) is 7.99. The van der Waals surface area contributed by atoms with Crippen molar-refractivity contribution in [1.29, 1.82) is 0 Å². The smallest absolute Gasteiger partial charge is 0.123 e. The van der Waals surface area contributed by atoms with Crippen molar-refractivity contribution in [2.24, 2.45) is 0 Å². The van der Waals surface area contributed by atoms with Crippen molar-refractivity contribution in [2.45, 2.75) is 31.8 Å². The van der Waals surface area contributed by atoms with Crippen molar-refractivity contribution >= 4 is 22.8 Å². The highest BCUT2D eigenvalue weighted by Gasteiger charge is 2.17. The van der Waals surface area contributed by atoms with Gasteiger partial charge in [-0.3, -0.25) is 4.90 Å². The minimum absolute atomic E-state index is 0.530. The number of nitrogens with one attached hydrogen (secondary N) is 1. The van der Waals surface area contributed by atoms with Crippen molar-refractivity contribution in [1.82, 2.24) is 9.88 Å². The molecule has 0 aliphatic carbocycles. The lowest BCUT2D eigenvalue weighted by atomic mass is 10.1. The van der Waals surface area contributed by atoms with E-state index in [1.807, 2.05) is 18.3 Å². The summed E-state index contributed by atoms with van der Waals surface area (Å²) in [4.78, 5) is 6.70. The Bertz CT molecular complexity index is 538. The number of nitrogens with zero attached hydrogens (tertiary/aromatic N) is 2. The van der Waals surface area contributed by atoms with Crippen LogP contribution in [-0.4, -0.2) is 29.0 Å². The van der Waals surface area contributed by atoms with Gasteiger partial charge >= 0.3 is 0 Å². The lowest BCUT2D eigenvalue weighted by molar-refractivity contribution is 0.276. The quantitative estimate of drug-likeness (QED) is 0.910. The maximum absolute atomic E-state index is 5.62. The Balaban J connectivity index is 1.52. The molecule has 0 radical (unpaired) electrons. The number of thiophene rings is 1. The Morgan fingerprint density at radius 1 is 1.29 bits per heavy atom. The van der Waals surface area contributed by atoms with Crippen molar-refractivity contribution < 1.29 is 0 Å². The molecule has 0 bridgehead atoms. The number of rotatable bonds is 4. The topological polar surface area (TPSA) is 54.2 Å². The van der Waals surface area contributed by atoms with E-state index in [0.29, 0.717) is 11.9 Å². The van der Waals surface area contributed by atoms with E-state index in [2.05, 4.69) is 32.0 Å². The van der Waals surface area contributed by atoms with Gasteiger partial charge in [0, 0.05) is 19.1 Å². The molecule has 3 heterocycles. The average molecular weight is 302 g/mol. The first kappa shape index (κ1) is 14.4. The third kappa shape index (κ3) is 4.19. The second kappa shape index (κ2) is 6.91. The fourth-order valence-electron chi connectivity index (χ4n) is 2.83. The van der Waals surface area contributed by atoms with Gasteiger partial charge in [-0.1, -0.05) is 0 Å². The van der Waals surface area contributed by atoms with Gasteiger partial charge < -0.3 is 11.1 Å². The standard InChI is InChI=1S/C16H22N4S/c17-16-4-3-15(10-18-16)19-14-2-1-7-20(8-5-14)11-13-6-9-21-12-13/h3-4,6,9-10,12,14,19H,1-2,5,7-8,11H2,(H2,17,18)/t14-/m0/s1. The molecular formula is C16H22N4S. The van der Waals surface area contributed by atoms with Gasteiger partial charge in [0.1, 0.15) is 5.82 Å². The molecule has 112 valence electrons. The molecule has 0 unspecified atom stereocenters. The van der Waals surface area contributed by atoms with E-state index in [9.17, 15) is 0 Å². The van der Waals surface area contributed by atoms with Gasteiger partial charge in [0.2, 0.25) is 0 Å². The van der Waals surface area contributed by atoms with E-state index in [-0.39, 0.29) is 0 Å². The molecule has 1 fully saturated rings. The molecule has 1 aliphatic rings. The summed E-state index contributed by atoms with van der Waals surface area (Å²) >= 11 is 1.78. The summed E-state index contributed by atoms with van der Waals surface area (Å²) in [7, 11) is 0. The summed E-state index contributed by atoms with van der Waals surface area (Å²) in [6.07, 6.45) is 5.45. The van der Waals surface area contributed by atoms with Gasteiger partial charge in [-0.15, -0.1) is 0 Å². The highest BCUT2D eigenvalue weighted by atomic mass is 32.1. The largest absolute Gasteiger partial charge is 0.384 e. The van der Waals surface area contributed by atoms with Gasteiger partial charge in [-0.2, -0.15) is 11.3 Å². The van der Waals surface area contributed by atoms with E-state index in [4.69, 9.17) is 5.73 Å². The molecule has 0 aromatic carbocycles. The average Bonchev–Trinajstić information content (AvgIpc) is 2.89. The van der Waals surface area contributed by atoms with E-state index >= 15 is 0 Å². The van der Waals surface area contributed by atoms with Gasteiger partial charge in [0.25, 0.3) is 0 Å². The second-order valence-electron chi connectivity index (χ2n) is 5.65. The first-order chi connectivity index (χ1) is 10.3. The molecule has 0 spiro atoms. The minimum atomic E-state index is 0.530. The number of hydrogen-bond donors (Lipinski definition) is 2. The van der Waals surface area contributed by atoms with Crippen LogP contribution in [0.1, 0.15) is 24.8 Å². The number of likely N-dealkylation sites (tertiary alicyclic amines) is 1. The van der Waals surface area contributed by atoms with Crippen LogP contribution in [-0.2, 0) is 6.54 Å². The molecule has 2 aromatic rings. The predicted octanol–water partition coefficient (Wildman–Crippen LogP) is 3.19. The molecule has 1 atom stereocenters. The lowest BCUT2D eigenvalue weighted by Gasteiger charge is -2.20. The van der Waals surface area contributed by atoms with Crippen LogP contribution in [0.25, 0.3) is 0 Å². The van der Waals surface area contributed by atoms with Crippen LogP contribution in [0.15, 0.2) is 35.2 Å². The van der Waals surface area contributed by atoms with Gasteiger partial charge in [0.05, 0.1) is 11.9 Å². The molecule has 0 amide bonds. The minimum Gasteiger partial charge on any atom is -0.384 e. The first-order valence-corrected chi connectivity index (χ1v) is 8.45. The Morgan fingerprint density at radius 2 is 2.24 bits per heavy atom. The first-order valence-electron chi connectivity index (χ1n) is 7.51. The molecule has 0 saturated carbocycles. The molecule has 1 aliphatic heterocycles. The van der Waals surface area contributed by atoms with E-state index in [1.165, 1.54) is 31.4 Å². The molecule has 3 N–H and O–H groups in total. The molecule has 3 rings (SSSR count). The zero-order valence-electron chi connectivity index (χ0n) is 12.2. The predicted molar refractivity (Wildman–Crippen MR) is 89.5 cm³/mol. The van der Waals surface area contributed by atoms with Gasteiger partial charge in [-0.25, -0.2) is 4.98 Å². The normalized spacial score (nSPS) is 20.1. The third-order valence-corrected chi connectivity index (χ3v) is 4.70. The highest BCUT2D eigenvalue weighted by Crippen LogP contribution is 2.19. The van der Waals surface area contributed by atoms with Crippen molar-refractivity contribution in [3.63, 3.8) is 0 Å². The Kier molecular flexibility index (Phi) is 4.72. The van der Waals surface area contributed by atoms with Crippen molar-refractivity contribution in [3.8, 4) is 0 Å². The molecule has 2 aromatic heterocycles. The van der Waals surface area contributed by atoms with Crippen molar-refractivity contribution in [3.05, 3.63) is 40.7 Å². The van der Waals surface area contributed by atoms with Crippen LogP contribution >= 0.6 is 11.3 Å². The summed E-state index contributed by atoms with van der Waals surface area (Å²) < 4.78 is 0. The highest BCUT2D eigenvalue weighted by molar-refractivity contribution is 7.07. The van der Waals surface area contributed by atoms with Crippen molar-refractivity contribution in [2.75, 3.05) is 24.1 Å². The molecule has 4 nitrogen and oxygen atoms in total. The van der Waals surface area contributed by atoms with Crippen LogP contribution in [0.3, 0.4) is 0 Å². The second-order valence-corrected chi connectivity index (χ2v) is 6.43. The summed E-state index contributed by atoms with van der Waals surface area (Å²) in [5.74, 6) is 0.573. The monoisotopic (exact) mass is 302 g/mol. The number of pyridine rings is 1. The molecular weight excluding hydrogens is 280 g/mol. The van der Waals surface area contributed by atoms with E-state index in [1.54, 1.807) is 11.3 Å². The Labute approximate surface area is 130 Å². The Morgan fingerprint density at radius 3 is 3.00 bits per heavy atom. The maximum Gasteiger partial charge on any atom is 0.123 e. The molecule has 21 heavy (non-hydrogen) atoms. The number of aromatic nitrogens is 1. The molecule has 1 saturated heterocycles. The molecule has 5 heteroatoms. The maximum atomic E-state index is 5.62. The Hall–Kier alpha value is -1.59. The summed E-state index contributed by atoms with van der Waals surface area (Å²) in [5.41, 5.74) is 8.13. The van der Waals surface area contributed by atoms with E-state index in [0.717, 1.165) is 18.8 Å². The zero-order chi connectivity index (χ0) is 14.5. The number of anilines is 2. The number of nitrogens with two attached hydrogens (primary N) is 1. The zero-order valence-corrected chi connectivity index (χ0v) is 13.0. The summed E-state index contributed by atoms with van der Waals surface area (Å²) in [6, 6.07) is 6.62. The van der Waals surface area contributed by atoms with E-state index < -0.39 is 0 Å². The SMILES string of the molecule is Nc1ccc(N[C@H]2CCCN(Cc3ccsc3)CC2)cn1. The van der Waals surface area contributed by atoms with Crippen LogP contribution in [0.2, 0.25) is 0 Å². The van der Waals surface area contributed by atoms with Gasteiger partial charge in [-0.05, 0) is 60.3 Å². The number of hydrogen-bond acceptors (Lipinski definition) is 5. The van der Waals surface area contributed by atoms with Gasteiger partial charge in [0.15, 0.2) is 0 Å². The lowest BCUT2D eigenvalue weighted by Crippen LogP contribution is -2.26. The number of nitrogen functional groups attached to an aromatic ring is 1. The van der Waals surface area contributed by atoms with Crippen LogP contribution in [0.4, 0.5) is 11.5 Å². The van der Waals surface area contributed by atoms with Crippen LogP contribution in [0.5, 0.6) is 0 Å². The summed E-state index contributed by atoms with van der Waals surface area (Å²) in [6.45, 7) is 3.42.